The normalized spacial score (nSPS) is 11.6. The molecule has 3 aromatic rings. The maximum absolute atomic E-state index is 11.9. The van der Waals surface area contributed by atoms with Gasteiger partial charge in [0.25, 0.3) is 0 Å². The fraction of sp³-hybridized carbons (Fsp3) is 0.357. The lowest BCUT2D eigenvalue weighted by Gasteiger charge is -2.07. The smallest absolute Gasteiger partial charge is 0.224 e. The fourth-order valence-electron chi connectivity index (χ4n) is 2.41. The first-order chi connectivity index (χ1) is 9.56. The molecule has 0 saturated heterocycles. The summed E-state index contributed by atoms with van der Waals surface area (Å²) in [7, 11) is 1.93. The number of rotatable bonds is 3. The van der Waals surface area contributed by atoms with Gasteiger partial charge in [0.2, 0.25) is 5.91 Å². The van der Waals surface area contributed by atoms with Gasteiger partial charge in [-0.2, -0.15) is 0 Å². The van der Waals surface area contributed by atoms with E-state index < -0.39 is 0 Å². The van der Waals surface area contributed by atoms with Crippen molar-refractivity contribution >= 4 is 28.0 Å². The number of H-pyrrole nitrogens is 1. The van der Waals surface area contributed by atoms with Gasteiger partial charge in [0.1, 0.15) is 11.2 Å². The van der Waals surface area contributed by atoms with Crippen LogP contribution in [-0.4, -0.2) is 31.5 Å². The van der Waals surface area contributed by atoms with E-state index in [1.165, 1.54) is 0 Å². The van der Waals surface area contributed by atoms with Gasteiger partial charge in [-0.25, -0.2) is 9.97 Å². The summed E-state index contributed by atoms with van der Waals surface area (Å²) in [4.78, 5) is 23.8. The summed E-state index contributed by atoms with van der Waals surface area (Å²) < 4.78 is 1.92. The zero-order chi connectivity index (χ0) is 14.3. The number of nitrogens with zero attached hydrogens (tertiary/aromatic N) is 3. The number of hydrogen-bond acceptors (Lipinski definition) is 3. The van der Waals surface area contributed by atoms with E-state index in [1.807, 2.05) is 31.7 Å². The molecule has 0 atom stereocenters. The summed E-state index contributed by atoms with van der Waals surface area (Å²) in [5.74, 6) is 0.00818. The lowest BCUT2D eigenvalue weighted by molar-refractivity contribution is -0.120. The van der Waals surface area contributed by atoms with E-state index in [0.29, 0.717) is 6.42 Å². The number of pyridine rings is 1. The van der Waals surface area contributed by atoms with Crippen molar-refractivity contribution in [3.05, 3.63) is 24.3 Å². The first-order valence-electron chi connectivity index (χ1n) is 6.61. The van der Waals surface area contributed by atoms with Crippen LogP contribution >= 0.6 is 0 Å². The van der Waals surface area contributed by atoms with Crippen LogP contribution in [0.15, 0.2) is 18.7 Å². The van der Waals surface area contributed by atoms with Crippen molar-refractivity contribution in [2.75, 3.05) is 0 Å². The van der Waals surface area contributed by atoms with Crippen LogP contribution in [0, 0.1) is 0 Å². The van der Waals surface area contributed by atoms with Crippen molar-refractivity contribution in [2.45, 2.75) is 26.3 Å². The Hall–Kier alpha value is -2.37. The van der Waals surface area contributed by atoms with Gasteiger partial charge in [-0.3, -0.25) is 4.79 Å². The number of aromatic nitrogens is 4. The highest BCUT2D eigenvalue weighted by atomic mass is 16.1. The van der Waals surface area contributed by atoms with E-state index in [4.69, 9.17) is 0 Å². The predicted octanol–water partition coefficient (Wildman–Crippen LogP) is 1.52. The maximum atomic E-state index is 11.9. The van der Waals surface area contributed by atoms with Crippen LogP contribution in [0.5, 0.6) is 0 Å². The second-order valence-corrected chi connectivity index (χ2v) is 5.28. The van der Waals surface area contributed by atoms with Crippen LogP contribution in [0.3, 0.4) is 0 Å². The predicted molar refractivity (Wildman–Crippen MR) is 77.3 cm³/mol. The number of hydrogen-bond donors (Lipinski definition) is 2. The zero-order valence-electron chi connectivity index (χ0n) is 11.8. The Morgan fingerprint density at radius 2 is 2.25 bits per heavy atom. The minimum absolute atomic E-state index is 0.00818. The number of fused-ring (bicyclic) bond motifs is 3. The van der Waals surface area contributed by atoms with Gasteiger partial charge in [0, 0.05) is 19.3 Å². The van der Waals surface area contributed by atoms with Gasteiger partial charge in [0.05, 0.1) is 29.8 Å². The Bertz CT molecular complexity index is 783. The van der Waals surface area contributed by atoms with Crippen molar-refractivity contribution in [3.63, 3.8) is 0 Å². The minimum Gasteiger partial charge on any atom is -0.354 e. The van der Waals surface area contributed by atoms with Crippen LogP contribution in [-0.2, 0) is 18.3 Å². The second-order valence-electron chi connectivity index (χ2n) is 5.28. The summed E-state index contributed by atoms with van der Waals surface area (Å²) in [6.45, 7) is 3.90. The summed E-state index contributed by atoms with van der Waals surface area (Å²) in [6, 6.07) is 0.140. The lowest BCUT2D eigenvalue weighted by Crippen LogP contribution is -2.31. The molecule has 3 rings (SSSR count). The first-order valence-corrected chi connectivity index (χ1v) is 6.61. The summed E-state index contributed by atoms with van der Waals surface area (Å²) in [6.07, 6.45) is 5.72. The molecule has 0 saturated carbocycles. The van der Waals surface area contributed by atoms with Crippen LogP contribution < -0.4 is 5.32 Å². The standard InChI is InChI=1S/C14H17N5O/c1-8(2)18-11(20)4-9-5-15-14-12(9)13-10(6-16-14)19(3)7-17-13/h5-8H,4H2,1-3H3,(H,15,16)(H,18,20). The number of aromatic amines is 1. The van der Waals surface area contributed by atoms with E-state index in [9.17, 15) is 4.79 Å². The molecule has 0 aliphatic carbocycles. The molecule has 0 spiro atoms. The van der Waals surface area contributed by atoms with Gasteiger partial charge in [-0.05, 0) is 19.4 Å². The van der Waals surface area contributed by atoms with E-state index >= 15 is 0 Å². The largest absolute Gasteiger partial charge is 0.354 e. The van der Waals surface area contributed by atoms with Gasteiger partial charge < -0.3 is 14.9 Å². The molecule has 1 amide bonds. The molecular weight excluding hydrogens is 254 g/mol. The third kappa shape index (κ3) is 2.03. The Balaban J connectivity index is 2.07. The molecule has 0 aliphatic heterocycles. The molecule has 104 valence electrons. The Kier molecular flexibility index (Phi) is 2.93. The van der Waals surface area contributed by atoms with E-state index in [-0.39, 0.29) is 11.9 Å². The van der Waals surface area contributed by atoms with Crippen molar-refractivity contribution in [1.82, 2.24) is 24.8 Å². The van der Waals surface area contributed by atoms with Crippen molar-refractivity contribution in [1.29, 1.82) is 0 Å². The number of amides is 1. The monoisotopic (exact) mass is 271 g/mol. The molecule has 2 N–H and O–H groups in total. The molecule has 0 unspecified atom stereocenters. The molecular formula is C14H17N5O. The van der Waals surface area contributed by atoms with Crippen molar-refractivity contribution < 1.29 is 4.79 Å². The quantitative estimate of drug-likeness (QED) is 0.758. The average Bonchev–Trinajstić information content (AvgIpc) is 2.93. The second kappa shape index (κ2) is 4.63. The van der Waals surface area contributed by atoms with E-state index in [1.54, 1.807) is 12.5 Å². The van der Waals surface area contributed by atoms with Gasteiger partial charge >= 0.3 is 0 Å². The van der Waals surface area contributed by atoms with Gasteiger partial charge in [-0.15, -0.1) is 0 Å². The summed E-state index contributed by atoms with van der Waals surface area (Å²) in [5.41, 5.74) is 3.53. The number of imidazole rings is 1. The van der Waals surface area contributed by atoms with Crippen LogP contribution in [0.1, 0.15) is 19.4 Å². The number of carbonyl (C=O) groups is 1. The molecule has 20 heavy (non-hydrogen) atoms. The van der Waals surface area contributed by atoms with Crippen LogP contribution in [0.4, 0.5) is 0 Å². The van der Waals surface area contributed by atoms with E-state index in [2.05, 4.69) is 20.3 Å². The Morgan fingerprint density at radius 1 is 1.45 bits per heavy atom. The van der Waals surface area contributed by atoms with Crippen molar-refractivity contribution in [3.8, 4) is 0 Å². The molecule has 6 nitrogen and oxygen atoms in total. The highest BCUT2D eigenvalue weighted by Gasteiger charge is 2.14. The molecule has 0 aliphatic rings. The zero-order valence-corrected chi connectivity index (χ0v) is 11.8. The van der Waals surface area contributed by atoms with Gasteiger partial charge in [0.15, 0.2) is 0 Å². The van der Waals surface area contributed by atoms with Crippen molar-refractivity contribution in [2.24, 2.45) is 7.05 Å². The maximum Gasteiger partial charge on any atom is 0.224 e. The minimum atomic E-state index is 0.00818. The third-order valence-electron chi connectivity index (χ3n) is 3.28. The summed E-state index contributed by atoms with van der Waals surface area (Å²) >= 11 is 0. The average molecular weight is 271 g/mol. The third-order valence-corrected chi connectivity index (χ3v) is 3.28. The Morgan fingerprint density at radius 3 is 3.00 bits per heavy atom. The highest BCUT2D eigenvalue weighted by Crippen LogP contribution is 2.25. The SMILES string of the molecule is CC(C)NC(=O)Cc1c[nH]c2ncc3c(ncn3C)c12. The van der Waals surface area contributed by atoms with Crippen LogP contribution in [0.2, 0.25) is 0 Å². The van der Waals surface area contributed by atoms with Gasteiger partial charge in [-0.1, -0.05) is 0 Å². The van der Waals surface area contributed by atoms with E-state index in [0.717, 1.165) is 27.6 Å². The summed E-state index contributed by atoms with van der Waals surface area (Å²) in [5, 5.41) is 3.83. The first kappa shape index (κ1) is 12.7. The highest BCUT2D eigenvalue weighted by molar-refractivity contribution is 6.04. The molecule has 3 heterocycles. The number of aryl methyl sites for hydroxylation is 1. The van der Waals surface area contributed by atoms with Crippen LogP contribution in [0.25, 0.3) is 22.1 Å². The molecule has 0 bridgehead atoms. The number of carbonyl (C=O) groups excluding carboxylic acids is 1. The Labute approximate surface area is 116 Å². The topological polar surface area (TPSA) is 75.6 Å². The molecule has 0 radical (unpaired) electrons. The fourth-order valence-corrected chi connectivity index (χ4v) is 2.41. The number of nitrogens with one attached hydrogen (secondary N) is 2. The molecule has 6 heteroatoms. The molecule has 0 aromatic carbocycles. The molecule has 3 aromatic heterocycles. The molecule has 0 fully saturated rings. The lowest BCUT2D eigenvalue weighted by atomic mass is 10.1.